The van der Waals surface area contributed by atoms with Gasteiger partial charge in [-0.2, -0.15) is 4.39 Å². The van der Waals surface area contributed by atoms with Crippen LogP contribution in [0, 0.1) is 0 Å². The summed E-state index contributed by atoms with van der Waals surface area (Å²) in [6.45, 7) is 0. The van der Waals surface area contributed by atoms with E-state index in [4.69, 9.17) is 4.57 Å². The summed E-state index contributed by atoms with van der Waals surface area (Å²) in [5, 5.41) is 0. The Morgan fingerprint density at radius 1 is 2.00 bits per heavy atom. The average molecular weight is 110 g/mol. The van der Waals surface area contributed by atoms with Gasteiger partial charge in [0.1, 0.15) is 0 Å². The Morgan fingerprint density at radius 2 is 2.20 bits per heavy atom. The first-order chi connectivity index (χ1) is 2.27. The van der Waals surface area contributed by atoms with Crippen LogP contribution in [0.25, 0.3) is 0 Å². The van der Waals surface area contributed by atoms with E-state index in [1.54, 1.807) is 0 Å². The zero-order chi connectivity index (χ0) is 4.28. The van der Waals surface area contributed by atoms with E-state index in [9.17, 15) is 4.39 Å². The molecule has 28 valence electrons. The second kappa shape index (κ2) is 2.36. The van der Waals surface area contributed by atoms with Gasteiger partial charge >= 0.3 is 0 Å². The molecule has 0 atom stereocenters. The Balaban J connectivity index is 3.20. The molecule has 0 saturated heterocycles. The van der Waals surface area contributed by atoms with Gasteiger partial charge in [-0.1, -0.05) is 0 Å². The summed E-state index contributed by atoms with van der Waals surface area (Å²) in [7, 11) is -0.688. The Morgan fingerprint density at radius 3 is 2.20 bits per heavy atom. The molecule has 0 aliphatic carbocycles. The van der Waals surface area contributed by atoms with Gasteiger partial charge in [-0.25, -0.2) is 0 Å². The zero-order valence-corrected chi connectivity index (χ0v) is 3.85. The SMILES string of the molecule is O=PC(F)=S. The Labute approximate surface area is 35.4 Å². The lowest BCUT2D eigenvalue weighted by Gasteiger charge is -1.54. The van der Waals surface area contributed by atoms with E-state index in [2.05, 4.69) is 12.2 Å². The van der Waals surface area contributed by atoms with Gasteiger partial charge in [-0.3, -0.25) is 4.57 Å². The van der Waals surface area contributed by atoms with Gasteiger partial charge in [0, 0.05) is 0 Å². The molecular weight excluding hydrogens is 110 g/mol. The monoisotopic (exact) mass is 110 g/mol. The van der Waals surface area contributed by atoms with Crippen LogP contribution in [0.5, 0.6) is 0 Å². The highest BCUT2D eigenvalue weighted by molar-refractivity contribution is 7.90. The first kappa shape index (κ1) is 5.12. The van der Waals surface area contributed by atoms with Crippen molar-refractivity contribution in [3.8, 4) is 0 Å². The molecule has 5 heavy (non-hydrogen) atoms. The number of halogens is 1. The van der Waals surface area contributed by atoms with Gasteiger partial charge in [0.25, 0.3) is 4.86 Å². The Bertz CT molecular complexity index is 62.7. The molecule has 0 saturated carbocycles. The zero-order valence-electron chi connectivity index (χ0n) is 2.14. The number of thiocarbonyl (C=S) groups is 1. The molecule has 0 N–H and O–H groups in total. The van der Waals surface area contributed by atoms with Crippen LogP contribution >= 0.6 is 20.7 Å². The highest BCUT2D eigenvalue weighted by Gasteiger charge is 1.79. The van der Waals surface area contributed by atoms with Gasteiger partial charge < -0.3 is 0 Å². The van der Waals surface area contributed by atoms with Crippen molar-refractivity contribution in [1.82, 2.24) is 0 Å². The minimum Gasteiger partial charge on any atom is -0.266 e. The van der Waals surface area contributed by atoms with Crippen molar-refractivity contribution < 1.29 is 8.96 Å². The molecule has 0 aromatic carbocycles. The van der Waals surface area contributed by atoms with Gasteiger partial charge in [0.15, 0.2) is 0 Å². The number of hydrogen-bond donors (Lipinski definition) is 0. The van der Waals surface area contributed by atoms with Crippen LogP contribution in [-0.4, -0.2) is 4.86 Å². The maximum Gasteiger partial charge on any atom is 0.254 e. The fourth-order valence-electron chi connectivity index (χ4n) is 0. The maximum absolute atomic E-state index is 10.8. The highest BCUT2D eigenvalue weighted by atomic mass is 32.1. The van der Waals surface area contributed by atoms with Gasteiger partial charge in [-0.05, 0) is 12.2 Å². The molecule has 0 aromatic heterocycles. The molecule has 0 unspecified atom stereocenters. The summed E-state index contributed by atoms with van der Waals surface area (Å²) < 4.78 is 19.9. The van der Waals surface area contributed by atoms with E-state index in [0.29, 0.717) is 0 Å². The van der Waals surface area contributed by atoms with Gasteiger partial charge in [0.2, 0.25) is 8.46 Å². The number of hydrogen-bond acceptors (Lipinski definition) is 2. The van der Waals surface area contributed by atoms with E-state index in [1.807, 2.05) is 0 Å². The summed E-state index contributed by atoms with van der Waals surface area (Å²) in [5.41, 5.74) is 0. The Hall–Kier alpha value is 0.120. The van der Waals surface area contributed by atoms with Crippen LogP contribution in [0.15, 0.2) is 0 Å². The second-order valence-corrected chi connectivity index (χ2v) is 1.58. The highest BCUT2D eigenvalue weighted by Crippen LogP contribution is 1.95. The van der Waals surface area contributed by atoms with E-state index >= 15 is 0 Å². The first-order valence-corrected chi connectivity index (χ1v) is 2.02. The van der Waals surface area contributed by atoms with Crippen molar-refractivity contribution in [2.24, 2.45) is 0 Å². The maximum atomic E-state index is 10.8. The lowest BCUT2D eigenvalue weighted by atomic mass is 11.8. The second-order valence-electron chi connectivity index (χ2n) is 0.344. The van der Waals surface area contributed by atoms with Crippen LogP contribution in [-0.2, 0) is 4.57 Å². The first-order valence-electron chi connectivity index (χ1n) is 0.799. The van der Waals surface area contributed by atoms with Crippen molar-refractivity contribution in [3.63, 3.8) is 0 Å². The average Bonchev–Trinajstić information content (AvgIpc) is 1.38. The predicted molar refractivity (Wildman–Crippen MR) is 21.3 cm³/mol. The topological polar surface area (TPSA) is 17.1 Å². The van der Waals surface area contributed by atoms with E-state index in [1.165, 1.54) is 0 Å². The predicted octanol–water partition coefficient (Wildman–Crippen LogP) is 1.53. The molecule has 0 aromatic rings. The minimum atomic E-state index is -0.995. The fourth-order valence-corrected chi connectivity index (χ4v) is 0. The van der Waals surface area contributed by atoms with Gasteiger partial charge in [0.05, 0.1) is 0 Å². The lowest BCUT2D eigenvalue weighted by Crippen LogP contribution is -1.52. The molecule has 0 heterocycles. The molecule has 0 bridgehead atoms. The van der Waals surface area contributed by atoms with Crippen LogP contribution in [0.4, 0.5) is 4.39 Å². The summed E-state index contributed by atoms with van der Waals surface area (Å²) >= 11 is 3.71. The molecule has 0 radical (unpaired) electrons. The summed E-state index contributed by atoms with van der Waals surface area (Å²) in [4.78, 5) is -0.995. The van der Waals surface area contributed by atoms with Crippen LogP contribution in [0.1, 0.15) is 0 Å². The lowest BCUT2D eigenvalue weighted by molar-refractivity contribution is 0.602. The Kier molecular flexibility index (Phi) is 2.42. The molecule has 0 fully saturated rings. The summed E-state index contributed by atoms with van der Waals surface area (Å²) in [6, 6.07) is 0. The molecule has 0 aliphatic heterocycles. The van der Waals surface area contributed by atoms with Crippen LogP contribution in [0.2, 0.25) is 0 Å². The smallest absolute Gasteiger partial charge is 0.254 e. The molecule has 0 amide bonds. The summed E-state index contributed by atoms with van der Waals surface area (Å²) in [5.74, 6) is 0. The third-order valence-electron chi connectivity index (χ3n) is 0.0718. The van der Waals surface area contributed by atoms with Crippen molar-refractivity contribution in [2.75, 3.05) is 0 Å². The van der Waals surface area contributed by atoms with Crippen molar-refractivity contribution in [2.45, 2.75) is 0 Å². The van der Waals surface area contributed by atoms with E-state index < -0.39 is 13.3 Å². The molecule has 0 spiro atoms. The molecule has 1 nitrogen and oxygen atoms in total. The quantitative estimate of drug-likeness (QED) is 0.289. The van der Waals surface area contributed by atoms with E-state index in [0.717, 1.165) is 0 Å². The number of rotatable bonds is 1. The largest absolute Gasteiger partial charge is 0.266 e. The third kappa shape index (κ3) is 4.12. The molecule has 0 aliphatic rings. The molecule has 4 heteroatoms. The van der Waals surface area contributed by atoms with Crippen molar-refractivity contribution in [3.05, 3.63) is 0 Å². The van der Waals surface area contributed by atoms with Crippen LogP contribution in [0.3, 0.4) is 0 Å². The van der Waals surface area contributed by atoms with Crippen molar-refractivity contribution in [1.29, 1.82) is 0 Å². The minimum absolute atomic E-state index is 0.688. The normalized spacial score (nSPS) is 8.20. The van der Waals surface area contributed by atoms with Crippen LogP contribution < -0.4 is 0 Å². The summed E-state index contributed by atoms with van der Waals surface area (Å²) in [6.07, 6.45) is 0. The van der Waals surface area contributed by atoms with E-state index in [-0.39, 0.29) is 0 Å². The standard InChI is InChI=1S/CFOPS/c2-1(5)4-3. The molecular formula is CFOPS. The third-order valence-corrected chi connectivity index (χ3v) is 0.439. The molecule has 0 rings (SSSR count). The fraction of sp³-hybridized carbons (Fsp3) is 0. The van der Waals surface area contributed by atoms with Gasteiger partial charge in [-0.15, -0.1) is 0 Å². The van der Waals surface area contributed by atoms with Crippen molar-refractivity contribution >= 4 is 25.5 Å².